The highest BCUT2D eigenvalue weighted by molar-refractivity contribution is 7.21. The summed E-state index contributed by atoms with van der Waals surface area (Å²) in [6.07, 6.45) is 0.486. The van der Waals surface area contributed by atoms with Gasteiger partial charge in [-0.15, -0.1) is 23.7 Å². The molecule has 1 aromatic heterocycles. The van der Waals surface area contributed by atoms with Crippen LogP contribution in [0.3, 0.4) is 0 Å². The molecule has 1 saturated heterocycles. The van der Waals surface area contributed by atoms with Crippen LogP contribution in [-0.2, 0) is 4.79 Å². The molecule has 2 heterocycles. The summed E-state index contributed by atoms with van der Waals surface area (Å²) in [5.41, 5.74) is 0.762. The molecule has 0 bridgehead atoms. The van der Waals surface area contributed by atoms with E-state index in [-0.39, 0.29) is 30.7 Å². The molecule has 3 rings (SSSR count). The average molecular weight is 344 g/mol. The molecular weight excluding hydrogens is 329 g/mol. The van der Waals surface area contributed by atoms with E-state index < -0.39 is 11.9 Å². The molecule has 1 aliphatic heterocycles. The van der Waals surface area contributed by atoms with Crippen LogP contribution >= 0.6 is 23.7 Å². The van der Waals surface area contributed by atoms with Crippen molar-refractivity contribution in [1.82, 2.24) is 4.90 Å². The molecule has 22 heavy (non-hydrogen) atoms. The summed E-state index contributed by atoms with van der Waals surface area (Å²) < 4.78 is 14.2. The number of hydrogen-bond acceptors (Lipinski definition) is 3. The van der Waals surface area contributed by atoms with Crippen LogP contribution < -0.4 is 0 Å². The third-order valence-corrected chi connectivity index (χ3v) is 5.18. The first-order valence-electron chi connectivity index (χ1n) is 6.68. The molecule has 1 aromatic carbocycles. The molecule has 0 spiro atoms. The van der Waals surface area contributed by atoms with Crippen LogP contribution in [0.4, 0.5) is 4.39 Å². The second-order valence-corrected chi connectivity index (χ2v) is 6.32. The number of aliphatic carboxylic acids is 1. The highest BCUT2D eigenvalue weighted by atomic mass is 35.5. The van der Waals surface area contributed by atoms with Crippen molar-refractivity contribution in [2.75, 3.05) is 13.1 Å². The maximum Gasteiger partial charge on any atom is 0.308 e. The first-order valence-corrected chi connectivity index (χ1v) is 7.49. The molecule has 0 saturated carbocycles. The fourth-order valence-electron chi connectivity index (χ4n) is 2.69. The van der Waals surface area contributed by atoms with Crippen molar-refractivity contribution >= 4 is 45.7 Å². The number of amides is 1. The summed E-state index contributed by atoms with van der Waals surface area (Å²) in [4.78, 5) is 25.7. The van der Waals surface area contributed by atoms with Crippen molar-refractivity contribution in [1.29, 1.82) is 0 Å². The third-order valence-electron chi connectivity index (χ3n) is 3.92. The number of aryl methyl sites for hydroxylation is 1. The molecule has 1 aliphatic rings. The molecule has 7 heteroatoms. The van der Waals surface area contributed by atoms with Crippen LogP contribution in [0.2, 0.25) is 0 Å². The van der Waals surface area contributed by atoms with Gasteiger partial charge >= 0.3 is 5.97 Å². The summed E-state index contributed by atoms with van der Waals surface area (Å²) in [5, 5.41) is 9.75. The Kier molecular flexibility index (Phi) is 4.72. The first kappa shape index (κ1) is 16.7. The van der Waals surface area contributed by atoms with Crippen LogP contribution in [0.1, 0.15) is 21.7 Å². The molecule has 1 fully saturated rings. The molecule has 4 nitrogen and oxygen atoms in total. The van der Waals surface area contributed by atoms with Gasteiger partial charge < -0.3 is 10.0 Å². The Bertz CT molecular complexity index is 746. The van der Waals surface area contributed by atoms with Crippen molar-refractivity contribution in [2.45, 2.75) is 13.3 Å². The number of benzene rings is 1. The zero-order chi connectivity index (χ0) is 15.1. The zero-order valence-corrected chi connectivity index (χ0v) is 13.5. The van der Waals surface area contributed by atoms with Crippen LogP contribution in [0.25, 0.3) is 10.1 Å². The van der Waals surface area contributed by atoms with Gasteiger partial charge in [0.1, 0.15) is 5.82 Å². The highest BCUT2D eigenvalue weighted by Crippen LogP contribution is 2.33. The van der Waals surface area contributed by atoms with Gasteiger partial charge in [0, 0.05) is 17.8 Å². The largest absolute Gasteiger partial charge is 0.481 e. The molecule has 0 aliphatic carbocycles. The summed E-state index contributed by atoms with van der Waals surface area (Å²) in [5.74, 6) is -1.83. The molecule has 1 amide bonds. The number of hydrogen-bond donors (Lipinski definition) is 1. The van der Waals surface area contributed by atoms with Gasteiger partial charge in [0.15, 0.2) is 0 Å². The predicted molar refractivity (Wildman–Crippen MR) is 85.4 cm³/mol. The monoisotopic (exact) mass is 343 g/mol. The fraction of sp³-hybridized carbons (Fsp3) is 0.333. The Labute approximate surface area is 136 Å². The minimum atomic E-state index is -0.861. The van der Waals surface area contributed by atoms with Gasteiger partial charge in [-0.1, -0.05) is 0 Å². The van der Waals surface area contributed by atoms with E-state index in [4.69, 9.17) is 5.11 Å². The lowest BCUT2D eigenvalue weighted by Crippen LogP contribution is -2.29. The summed E-state index contributed by atoms with van der Waals surface area (Å²) >= 11 is 1.33. The number of carbonyl (C=O) groups excluding carboxylic acids is 1. The van der Waals surface area contributed by atoms with E-state index in [1.54, 1.807) is 17.9 Å². The lowest BCUT2D eigenvalue weighted by Gasteiger charge is -2.15. The zero-order valence-electron chi connectivity index (χ0n) is 11.8. The molecule has 118 valence electrons. The van der Waals surface area contributed by atoms with E-state index in [0.717, 1.165) is 15.6 Å². The van der Waals surface area contributed by atoms with Crippen LogP contribution in [0.15, 0.2) is 18.2 Å². The molecule has 2 aromatic rings. The topological polar surface area (TPSA) is 57.6 Å². The number of halogens is 2. The van der Waals surface area contributed by atoms with Crippen molar-refractivity contribution in [3.8, 4) is 0 Å². The summed E-state index contributed by atoms with van der Waals surface area (Å²) in [6, 6.07) is 4.48. The number of thiophene rings is 1. The second kappa shape index (κ2) is 6.22. The average Bonchev–Trinajstić information content (AvgIpc) is 3.04. The van der Waals surface area contributed by atoms with Gasteiger partial charge in [0.2, 0.25) is 0 Å². The number of carbonyl (C=O) groups is 2. The molecular formula is C15H15ClFNO3S. The minimum Gasteiger partial charge on any atom is -0.481 e. The van der Waals surface area contributed by atoms with Gasteiger partial charge in [0.25, 0.3) is 5.91 Å². The Balaban J connectivity index is 0.00000176. The van der Waals surface area contributed by atoms with E-state index in [9.17, 15) is 14.0 Å². The normalized spacial score (nSPS) is 17.5. The van der Waals surface area contributed by atoms with Crippen molar-refractivity contribution < 1.29 is 19.1 Å². The number of nitrogens with zero attached hydrogens (tertiary/aromatic N) is 1. The highest BCUT2D eigenvalue weighted by Gasteiger charge is 2.32. The Morgan fingerprint density at radius 3 is 2.77 bits per heavy atom. The van der Waals surface area contributed by atoms with Crippen molar-refractivity contribution in [2.24, 2.45) is 5.92 Å². The van der Waals surface area contributed by atoms with Gasteiger partial charge in [-0.25, -0.2) is 4.39 Å². The van der Waals surface area contributed by atoms with Crippen LogP contribution in [0.5, 0.6) is 0 Å². The third kappa shape index (κ3) is 2.80. The second-order valence-electron chi connectivity index (χ2n) is 5.27. The van der Waals surface area contributed by atoms with E-state index in [2.05, 4.69) is 0 Å². The van der Waals surface area contributed by atoms with Crippen molar-refractivity contribution in [3.63, 3.8) is 0 Å². The van der Waals surface area contributed by atoms with Crippen LogP contribution in [-0.4, -0.2) is 35.0 Å². The van der Waals surface area contributed by atoms with Crippen LogP contribution in [0, 0.1) is 18.7 Å². The Hall–Kier alpha value is -1.66. The first-order chi connectivity index (χ1) is 9.97. The Morgan fingerprint density at radius 2 is 2.14 bits per heavy atom. The number of fused-ring (bicyclic) bond motifs is 1. The smallest absolute Gasteiger partial charge is 0.308 e. The van der Waals surface area contributed by atoms with Gasteiger partial charge in [0.05, 0.1) is 10.8 Å². The minimum absolute atomic E-state index is 0. The lowest BCUT2D eigenvalue weighted by atomic mass is 10.1. The maximum absolute atomic E-state index is 13.3. The van der Waals surface area contributed by atoms with E-state index >= 15 is 0 Å². The fourth-order valence-corrected chi connectivity index (χ4v) is 3.84. The molecule has 1 N–H and O–H groups in total. The van der Waals surface area contributed by atoms with E-state index in [1.165, 1.54) is 23.5 Å². The summed E-state index contributed by atoms with van der Waals surface area (Å²) in [7, 11) is 0. The van der Waals surface area contributed by atoms with Crippen molar-refractivity contribution in [3.05, 3.63) is 34.5 Å². The lowest BCUT2D eigenvalue weighted by molar-refractivity contribution is -0.141. The van der Waals surface area contributed by atoms with Gasteiger partial charge in [-0.3, -0.25) is 9.59 Å². The predicted octanol–water partition coefficient (Wildman–Crippen LogP) is 3.32. The van der Waals surface area contributed by atoms with Gasteiger partial charge in [-0.2, -0.15) is 0 Å². The summed E-state index contributed by atoms with van der Waals surface area (Å²) in [6.45, 7) is 2.50. The SMILES string of the molecule is Cc1c(C(=O)N2CCC(C(=O)O)C2)sc2ccc(F)cc12.Cl. The van der Waals surface area contributed by atoms with E-state index in [0.29, 0.717) is 17.8 Å². The Morgan fingerprint density at radius 1 is 1.41 bits per heavy atom. The number of carboxylic acids is 1. The maximum atomic E-state index is 13.3. The molecule has 1 atom stereocenters. The number of likely N-dealkylation sites (tertiary alicyclic amines) is 1. The number of carboxylic acid groups (broad SMARTS) is 1. The quantitative estimate of drug-likeness (QED) is 0.910. The van der Waals surface area contributed by atoms with Gasteiger partial charge in [-0.05, 0) is 42.5 Å². The molecule has 1 unspecified atom stereocenters. The molecule has 0 radical (unpaired) electrons. The standard InChI is InChI=1S/C15H14FNO3S.ClH/c1-8-11-6-10(16)2-3-12(11)21-13(8)14(18)17-5-4-9(7-17)15(19)20;/h2-3,6,9H,4-5,7H2,1H3,(H,19,20);1H. The van der Waals surface area contributed by atoms with E-state index in [1.807, 2.05) is 0 Å². The number of rotatable bonds is 2.